The molecule has 0 unspecified atom stereocenters. The minimum Gasteiger partial charge on any atom is -0.347 e. The van der Waals surface area contributed by atoms with Crippen molar-refractivity contribution in [3.63, 3.8) is 0 Å². The maximum Gasteiger partial charge on any atom is 0.270 e. The maximum absolute atomic E-state index is 13.3. The van der Waals surface area contributed by atoms with E-state index in [1.807, 2.05) is 31.2 Å². The number of halogens is 1. The zero-order valence-corrected chi connectivity index (χ0v) is 16.0. The molecule has 28 heavy (non-hydrogen) atoms. The number of nitrogens with zero attached hydrogens (tertiary/aromatic N) is 2. The van der Waals surface area contributed by atoms with Crippen LogP contribution in [0.15, 0.2) is 53.7 Å². The summed E-state index contributed by atoms with van der Waals surface area (Å²) in [4.78, 5) is 17.2. The van der Waals surface area contributed by atoms with Crippen molar-refractivity contribution in [2.45, 2.75) is 25.2 Å². The highest BCUT2D eigenvalue weighted by Crippen LogP contribution is 2.30. The fourth-order valence-electron chi connectivity index (χ4n) is 3.19. The fraction of sp³-hybridized carbons (Fsp3) is 0.200. The summed E-state index contributed by atoms with van der Waals surface area (Å²) in [5, 5.41) is 2.71. The molecule has 0 spiro atoms. The highest BCUT2D eigenvalue weighted by atomic mass is 32.2. The van der Waals surface area contributed by atoms with E-state index >= 15 is 0 Å². The summed E-state index contributed by atoms with van der Waals surface area (Å²) >= 11 is 0. The lowest BCUT2D eigenvalue weighted by Crippen LogP contribution is -2.26. The van der Waals surface area contributed by atoms with E-state index in [2.05, 4.69) is 10.3 Å². The number of fused-ring (bicyclic) bond motifs is 1. The van der Waals surface area contributed by atoms with Gasteiger partial charge in [-0.1, -0.05) is 29.8 Å². The number of nitrogens with one attached hydrogen (secondary N) is 1. The summed E-state index contributed by atoms with van der Waals surface area (Å²) in [5.74, 6) is -0.929. The largest absolute Gasteiger partial charge is 0.347 e. The van der Waals surface area contributed by atoms with Crippen molar-refractivity contribution in [2.75, 3.05) is 5.75 Å². The SMILES string of the molecule is Cc1ccc(CNC(=O)c2c(-c3ccc(F)cc3)nc3n2CCS3(=O)=O)cc1. The van der Waals surface area contributed by atoms with Gasteiger partial charge in [0, 0.05) is 18.7 Å². The topological polar surface area (TPSA) is 81.1 Å². The van der Waals surface area contributed by atoms with E-state index in [1.165, 1.54) is 28.8 Å². The Bertz CT molecular complexity index is 1150. The molecule has 0 saturated heterocycles. The third-order valence-electron chi connectivity index (χ3n) is 4.70. The molecule has 144 valence electrons. The second kappa shape index (κ2) is 6.87. The first-order chi connectivity index (χ1) is 13.3. The summed E-state index contributed by atoms with van der Waals surface area (Å²) in [6.07, 6.45) is 0. The summed E-state index contributed by atoms with van der Waals surface area (Å²) in [7, 11) is -3.53. The van der Waals surface area contributed by atoms with Crippen molar-refractivity contribution in [3.05, 3.63) is 71.2 Å². The lowest BCUT2D eigenvalue weighted by Gasteiger charge is -2.09. The van der Waals surface area contributed by atoms with Crippen LogP contribution >= 0.6 is 0 Å². The van der Waals surface area contributed by atoms with Crippen molar-refractivity contribution < 1.29 is 17.6 Å². The van der Waals surface area contributed by atoms with Crippen LogP contribution < -0.4 is 5.32 Å². The average Bonchev–Trinajstić information content (AvgIpc) is 3.19. The van der Waals surface area contributed by atoms with Gasteiger partial charge < -0.3 is 9.88 Å². The van der Waals surface area contributed by atoms with E-state index in [9.17, 15) is 17.6 Å². The van der Waals surface area contributed by atoms with Crippen molar-refractivity contribution in [1.29, 1.82) is 0 Å². The molecule has 1 N–H and O–H groups in total. The van der Waals surface area contributed by atoms with Gasteiger partial charge in [-0.15, -0.1) is 0 Å². The first-order valence-corrected chi connectivity index (χ1v) is 10.4. The smallest absolute Gasteiger partial charge is 0.270 e. The van der Waals surface area contributed by atoms with Crippen LogP contribution in [0.3, 0.4) is 0 Å². The van der Waals surface area contributed by atoms with Gasteiger partial charge in [-0.3, -0.25) is 4.79 Å². The number of hydrogen-bond acceptors (Lipinski definition) is 4. The molecule has 0 aliphatic carbocycles. The lowest BCUT2D eigenvalue weighted by molar-refractivity contribution is 0.0942. The first kappa shape index (κ1) is 18.4. The third-order valence-corrected chi connectivity index (χ3v) is 6.29. The zero-order chi connectivity index (χ0) is 19.9. The minimum atomic E-state index is -3.53. The molecule has 1 aromatic heterocycles. The van der Waals surface area contributed by atoms with Gasteiger partial charge in [0.25, 0.3) is 5.91 Å². The van der Waals surface area contributed by atoms with Crippen LogP contribution in [0, 0.1) is 12.7 Å². The molecule has 0 saturated carbocycles. The molecule has 0 atom stereocenters. The standard InChI is InChI=1S/C20H18FN3O3S/c1-13-2-4-14(5-3-13)12-22-19(25)18-17(15-6-8-16(21)9-7-15)23-20-24(18)10-11-28(20,26)27/h2-9H,10-12H2,1H3,(H,22,25). The Kier molecular flexibility index (Phi) is 4.50. The second-order valence-corrected chi connectivity index (χ2v) is 8.74. The molecule has 2 aromatic carbocycles. The lowest BCUT2D eigenvalue weighted by atomic mass is 10.1. The van der Waals surface area contributed by atoms with E-state index < -0.39 is 21.6 Å². The Morgan fingerprint density at radius 3 is 2.50 bits per heavy atom. The van der Waals surface area contributed by atoms with Crippen LogP contribution in [0.25, 0.3) is 11.3 Å². The molecule has 8 heteroatoms. The van der Waals surface area contributed by atoms with Gasteiger partial charge in [0.05, 0.1) is 5.75 Å². The molecule has 0 fully saturated rings. The molecule has 1 amide bonds. The third kappa shape index (κ3) is 3.31. The number of benzene rings is 2. The van der Waals surface area contributed by atoms with E-state index in [0.717, 1.165) is 11.1 Å². The predicted octanol–water partition coefficient (Wildman–Crippen LogP) is 2.71. The molecular formula is C20H18FN3O3S. The number of hydrogen-bond donors (Lipinski definition) is 1. The summed E-state index contributed by atoms with van der Waals surface area (Å²) in [6, 6.07) is 13.2. The van der Waals surface area contributed by atoms with Gasteiger partial charge in [0.15, 0.2) is 0 Å². The van der Waals surface area contributed by atoms with Crippen LogP contribution in [0.1, 0.15) is 21.6 Å². The van der Waals surface area contributed by atoms with Gasteiger partial charge in [-0.2, -0.15) is 0 Å². The number of carbonyl (C=O) groups excluding carboxylic acids is 1. The van der Waals surface area contributed by atoms with Crippen LogP contribution in [0.5, 0.6) is 0 Å². The summed E-state index contributed by atoms with van der Waals surface area (Å²) < 4.78 is 39.2. The molecule has 2 heterocycles. The van der Waals surface area contributed by atoms with E-state index in [0.29, 0.717) is 12.1 Å². The molecule has 4 rings (SSSR count). The predicted molar refractivity (Wildman–Crippen MR) is 102 cm³/mol. The van der Waals surface area contributed by atoms with Gasteiger partial charge in [-0.25, -0.2) is 17.8 Å². The minimum absolute atomic E-state index is 0.0860. The molecular weight excluding hydrogens is 381 g/mol. The maximum atomic E-state index is 13.3. The van der Waals surface area contributed by atoms with Crippen LogP contribution in [0.2, 0.25) is 0 Å². The number of aryl methyl sites for hydroxylation is 1. The molecule has 6 nitrogen and oxygen atoms in total. The number of imidazole rings is 1. The van der Waals surface area contributed by atoms with Crippen molar-refractivity contribution >= 4 is 15.7 Å². The van der Waals surface area contributed by atoms with Crippen molar-refractivity contribution in [3.8, 4) is 11.3 Å². The Hall–Kier alpha value is -3.00. The first-order valence-electron chi connectivity index (χ1n) is 8.78. The second-order valence-electron chi connectivity index (χ2n) is 6.74. The molecule has 0 bridgehead atoms. The Balaban J connectivity index is 1.71. The number of carbonyl (C=O) groups is 1. The van der Waals surface area contributed by atoms with Gasteiger partial charge >= 0.3 is 0 Å². The van der Waals surface area contributed by atoms with Gasteiger partial charge in [-0.05, 0) is 36.8 Å². The Morgan fingerprint density at radius 2 is 1.82 bits per heavy atom. The highest BCUT2D eigenvalue weighted by Gasteiger charge is 2.35. The molecule has 3 aromatic rings. The Morgan fingerprint density at radius 1 is 1.14 bits per heavy atom. The molecule has 1 aliphatic heterocycles. The quantitative estimate of drug-likeness (QED) is 0.731. The van der Waals surface area contributed by atoms with Crippen LogP contribution in [0.4, 0.5) is 4.39 Å². The average molecular weight is 399 g/mol. The number of amides is 1. The number of sulfone groups is 1. The van der Waals surface area contributed by atoms with Crippen molar-refractivity contribution in [2.24, 2.45) is 0 Å². The number of aromatic nitrogens is 2. The summed E-state index contributed by atoms with van der Waals surface area (Å²) in [6.45, 7) is 2.45. The van der Waals surface area contributed by atoms with E-state index in [1.54, 1.807) is 0 Å². The number of rotatable bonds is 4. The van der Waals surface area contributed by atoms with E-state index in [4.69, 9.17) is 0 Å². The van der Waals surface area contributed by atoms with E-state index in [-0.39, 0.29) is 28.8 Å². The van der Waals surface area contributed by atoms with Gasteiger partial charge in [0.2, 0.25) is 15.0 Å². The Labute approximate surface area is 162 Å². The fourth-order valence-corrected chi connectivity index (χ4v) is 4.55. The monoisotopic (exact) mass is 399 g/mol. The van der Waals surface area contributed by atoms with Crippen LogP contribution in [-0.2, 0) is 22.9 Å². The molecule has 0 radical (unpaired) electrons. The summed E-state index contributed by atoms with van der Waals surface area (Å²) in [5.41, 5.74) is 2.94. The zero-order valence-electron chi connectivity index (χ0n) is 15.1. The van der Waals surface area contributed by atoms with Gasteiger partial charge in [0.1, 0.15) is 17.2 Å². The van der Waals surface area contributed by atoms with Crippen molar-refractivity contribution in [1.82, 2.24) is 14.9 Å². The normalized spacial score (nSPS) is 14.6. The van der Waals surface area contributed by atoms with Crippen LogP contribution in [-0.4, -0.2) is 29.6 Å². The molecule has 1 aliphatic rings. The highest BCUT2D eigenvalue weighted by molar-refractivity contribution is 7.91.